The minimum atomic E-state index is -0.677. The zero-order valence-electron chi connectivity index (χ0n) is 23.0. The van der Waals surface area contributed by atoms with Crippen molar-refractivity contribution >= 4 is 18.7 Å². The average Bonchev–Trinajstić information content (AvgIpc) is 3.53. The normalized spacial score (nSPS) is 31.7. The summed E-state index contributed by atoms with van der Waals surface area (Å²) in [5, 5.41) is 7.50. The van der Waals surface area contributed by atoms with Crippen LogP contribution in [0.3, 0.4) is 0 Å². The average molecular weight is 515 g/mol. The fourth-order valence-corrected chi connectivity index (χ4v) is 7.17. The van der Waals surface area contributed by atoms with Gasteiger partial charge < -0.3 is 19.5 Å². The van der Waals surface area contributed by atoms with Gasteiger partial charge in [0.15, 0.2) is 0 Å². The monoisotopic (exact) mass is 515 g/mol. The number of carbonyl (C=O) groups excluding carboxylic acids is 1. The number of nitrogens with one attached hydrogen (secondary N) is 1. The standard InChI is InChI=1S/C30H38BN3O4/c1-18(2)13-27(31-36-26-16-21-15-25(29(21,3)4)30(26,5)38-31)33-28(35)24-17-23(34-37-24)20-10-8-9-19(14-20)22-11-6-7-12-32-22/h6-12,14,18,21,24-27H,13,15-17H2,1-5H3,(H,33,35)/t21-,24?,25-,26+,27-,30-/m0/s1. The van der Waals surface area contributed by atoms with Gasteiger partial charge in [0, 0.05) is 23.7 Å². The Balaban J connectivity index is 1.12. The Bertz CT molecular complexity index is 1240. The summed E-state index contributed by atoms with van der Waals surface area (Å²) in [4.78, 5) is 23.5. The molecule has 8 heteroatoms. The maximum atomic E-state index is 13.4. The van der Waals surface area contributed by atoms with E-state index in [4.69, 9.17) is 14.1 Å². The molecule has 7 rings (SSSR count). The summed E-state index contributed by atoms with van der Waals surface area (Å²) in [6.07, 6.45) is 4.60. The third kappa shape index (κ3) is 4.36. The predicted molar refractivity (Wildman–Crippen MR) is 147 cm³/mol. The Morgan fingerprint density at radius 2 is 1.95 bits per heavy atom. The highest BCUT2D eigenvalue weighted by Crippen LogP contribution is 2.65. The lowest BCUT2D eigenvalue weighted by atomic mass is 9.43. The van der Waals surface area contributed by atoms with Crippen molar-refractivity contribution in [1.82, 2.24) is 10.3 Å². The second kappa shape index (κ2) is 9.49. The van der Waals surface area contributed by atoms with Crippen LogP contribution in [0.4, 0.5) is 0 Å². The van der Waals surface area contributed by atoms with E-state index in [0.29, 0.717) is 24.2 Å². The van der Waals surface area contributed by atoms with Crippen molar-refractivity contribution in [1.29, 1.82) is 0 Å². The van der Waals surface area contributed by atoms with Crippen LogP contribution >= 0.6 is 0 Å². The van der Waals surface area contributed by atoms with Crippen molar-refractivity contribution in [3.8, 4) is 11.3 Å². The number of benzene rings is 1. The lowest BCUT2D eigenvalue weighted by Crippen LogP contribution is -2.65. The number of hydrogen-bond acceptors (Lipinski definition) is 6. The van der Waals surface area contributed by atoms with Gasteiger partial charge in [-0.1, -0.05) is 57.1 Å². The van der Waals surface area contributed by atoms with Gasteiger partial charge in [-0.3, -0.25) is 9.78 Å². The molecule has 7 nitrogen and oxygen atoms in total. The number of carbonyl (C=O) groups is 1. The van der Waals surface area contributed by atoms with Crippen LogP contribution in [-0.2, 0) is 18.9 Å². The first kappa shape index (κ1) is 25.6. The molecule has 2 bridgehead atoms. The van der Waals surface area contributed by atoms with Crippen molar-refractivity contribution < 1.29 is 18.9 Å². The largest absolute Gasteiger partial charge is 0.481 e. The van der Waals surface area contributed by atoms with E-state index < -0.39 is 13.2 Å². The van der Waals surface area contributed by atoms with Gasteiger partial charge in [-0.05, 0) is 67.6 Å². The SMILES string of the molecule is CC(C)C[C@H](NC(=O)C1CC(c2cccc(-c3ccccn3)c2)=NO1)B1O[C@@H]2C[C@@H]3C[C@@H](C3(C)C)[C@]2(C)O1. The number of oxime groups is 1. The van der Waals surface area contributed by atoms with E-state index in [0.717, 1.165) is 35.4 Å². The number of aromatic nitrogens is 1. The topological polar surface area (TPSA) is 82.0 Å². The third-order valence-corrected chi connectivity index (χ3v) is 9.47. The molecular formula is C30H38BN3O4. The maximum absolute atomic E-state index is 13.4. The molecule has 2 aromatic rings. The van der Waals surface area contributed by atoms with Gasteiger partial charge in [0.05, 0.1) is 29.1 Å². The van der Waals surface area contributed by atoms with E-state index in [-0.39, 0.29) is 29.0 Å². The van der Waals surface area contributed by atoms with Crippen molar-refractivity contribution in [2.75, 3.05) is 0 Å². The summed E-state index contributed by atoms with van der Waals surface area (Å²) in [7, 11) is -0.455. The highest BCUT2D eigenvalue weighted by molar-refractivity contribution is 6.48. The van der Waals surface area contributed by atoms with Crippen molar-refractivity contribution in [3.05, 3.63) is 54.2 Å². The van der Waals surface area contributed by atoms with Gasteiger partial charge in [-0.2, -0.15) is 0 Å². The minimum Gasteiger partial charge on any atom is -0.404 e. The first-order chi connectivity index (χ1) is 18.1. The summed E-state index contributed by atoms with van der Waals surface area (Å²) in [5.74, 6) is 1.12. The third-order valence-electron chi connectivity index (χ3n) is 9.47. The Hall–Kier alpha value is -2.71. The zero-order valence-corrected chi connectivity index (χ0v) is 23.0. The number of hydrogen-bond donors (Lipinski definition) is 1. The molecule has 3 aliphatic carbocycles. The summed E-state index contributed by atoms with van der Waals surface area (Å²) in [6, 6.07) is 13.9. The van der Waals surface area contributed by atoms with Crippen molar-refractivity contribution in [3.63, 3.8) is 0 Å². The molecule has 2 aliphatic heterocycles. The summed E-state index contributed by atoms with van der Waals surface area (Å²) in [6.45, 7) is 11.2. The predicted octanol–water partition coefficient (Wildman–Crippen LogP) is 5.04. The smallest absolute Gasteiger partial charge is 0.404 e. The second-order valence-corrected chi connectivity index (χ2v) is 12.7. The lowest BCUT2D eigenvalue weighted by Gasteiger charge is -2.64. The van der Waals surface area contributed by atoms with Crippen LogP contribution in [0, 0.1) is 23.2 Å². The number of pyridine rings is 1. The molecule has 6 atom stereocenters. The van der Waals surface area contributed by atoms with Gasteiger partial charge in [-0.15, -0.1) is 0 Å². The molecule has 1 aromatic carbocycles. The minimum absolute atomic E-state index is 0.0832. The highest BCUT2D eigenvalue weighted by atomic mass is 16.7. The molecule has 4 fully saturated rings. The molecule has 1 N–H and O–H groups in total. The molecule has 1 amide bonds. The maximum Gasteiger partial charge on any atom is 0.481 e. The van der Waals surface area contributed by atoms with E-state index in [2.05, 4.69) is 50.1 Å². The molecule has 200 valence electrons. The molecule has 38 heavy (non-hydrogen) atoms. The zero-order chi connectivity index (χ0) is 26.7. The van der Waals surface area contributed by atoms with Crippen LogP contribution in [-0.4, -0.2) is 47.5 Å². The lowest BCUT2D eigenvalue weighted by molar-refractivity contribution is -0.199. The van der Waals surface area contributed by atoms with E-state index >= 15 is 0 Å². The summed E-state index contributed by atoms with van der Waals surface area (Å²) < 4.78 is 13.2. The number of nitrogens with zero attached hydrogens (tertiary/aromatic N) is 2. The van der Waals surface area contributed by atoms with E-state index in [1.807, 2.05) is 42.5 Å². The molecule has 1 aromatic heterocycles. The van der Waals surface area contributed by atoms with Crippen LogP contribution in [0.5, 0.6) is 0 Å². The van der Waals surface area contributed by atoms with Crippen LogP contribution in [0.2, 0.25) is 0 Å². The Morgan fingerprint density at radius 1 is 1.13 bits per heavy atom. The van der Waals surface area contributed by atoms with Gasteiger partial charge in [0.1, 0.15) is 0 Å². The number of rotatable bonds is 7. The van der Waals surface area contributed by atoms with Crippen LogP contribution in [0.15, 0.2) is 53.8 Å². The molecular weight excluding hydrogens is 477 g/mol. The van der Waals surface area contributed by atoms with Crippen LogP contribution in [0.1, 0.15) is 65.9 Å². The van der Waals surface area contributed by atoms with Crippen molar-refractivity contribution in [2.24, 2.45) is 28.3 Å². The first-order valence-electron chi connectivity index (χ1n) is 14.0. The Morgan fingerprint density at radius 3 is 2.68 bits per heavy atom. The van der Waals surface area contributed by atoms with Crippen LogP contribution < -0.4 is 5.32 Å². The first-order valence-corrected chi connectivity index (χ1v) is 14.0. The molecule has 3 saturated carbocycles. The molecule has 0 radical (unpaired) electrons. The quantitative estimate of drug-likeness (QED) is 0.523. The number of amides is 1. The van der Waals surface area contributed by atoms with Gasteiger partial charge >= 0.3 is 7.12 Å². The van der Waals surface area contributed by atoms with Gasteiger partial charge in [0.2, 0.25) is 6.10 Å². The summed E-state index contributed by atoms with van der Waals surface area (Å²) in [5.41, 5.74) is 3.57. The molecule has 1 saturated heterocycles. The molecule has 3 heterocycles. The molecule has 0 spiro atoms. The van der Waals surface area contributed by atoms with Gasteiger partial charge in [0.25, 0.3) is 5.91 Å². The van der Waals surface area contributed by atoms with Gasteiger partial charge in [-0.25, -0.2) is 0 Å². The van der Waals surface area contributed by atoms with Crippen LogP contribution in [0.25, 0.3) is 11.3 Å². The molecule has 5 aliphatic rings. The fourth-order valence-electron chi connectivity index (χ4n) is 7.17. The molecule has 1 unspecified atom stereocenters. The fraction of sp³-hybridized carbons (Fsp3) is 0.567. The summed E-state index contributed by atoms with van der Waals surface area (Å²) >= 11 is 0. The van der Waals surface area contributed by atoms with Crippen molar-refractivity contribution in [2.45, 2.75) is 84.1 Å². The Labute approximate surface area is 225 Å². The second-order valence-electron chi connectivity index (χ2n) is 12.7. The van der Waals surface area contributed by atoms with E-state index in [1.165, 1.54) is 6.42 Å². The Kier molecular flexibility index (Phi) is 6.38. The van der Waals surface area contributed by atoms with E-state index in [1.54, 1.807) is 6.20 Å². The van der Waals surface area contributed by atoms with E-state index in [9.17, 15) is 4.79 Å². The highest BCUT2D eigenvalue weighted by Gasteiger charge is 2.68.